The molecule has 2 atom stereocenters. The average Bonchev–Trinajstić information content (AvgIpc) is 1.99. The highest BCUT2D eigenvalue weighted by molar-refractivity contribution is 5.79. The Morgan fingerprint density at radius 3 is 2.08 bits per heavy atom. The summed E-state index contributed by atoms with van der Waals surface area (Å²) in [6.45, 7) is 3.87. The molecular formula is C9H17NO2. The molecule has 0 unspecified atom stereocenters. The SMILES string of the molecule is C[C@H]1CCC[C@H](C)C1(N)C(=O)O. The minimum Gasteiger partial charge on any atom is -0.480 e. The molecule has 0 spiro atoms. The Kier molecular flexibility index (Phi) is 2.42. The van der Waals surface area contributed by atoms with Gasteiger partial charge in [-0.05, 0) is 24.7 Å². The summed E-state index contributed by atoms with van der Waals surface area (Å²) >= 11 is 0. The van der Waals surface area contributed by atoms with Crippen LogP contribution in [0.2, 0.25) is 0 Å². The van der Waals surface area contributed by atoms with Gasteiger partial charge in [-0.2, -0.15) is 0 Å². The molecule has 0 aliphatic heterocycles. The molecule has 0 amide bonds. The zero-order chi connectivity index (χ0) is 9.35. The van der Waals surface area contributed by atoms with Crippen LogP contribution < -0.4 is 5.73 Å². The Morgan fingerprint density at radius 1 is 1.42 bits per heavy atom. The summed E-state index contributed by atoms with van der Waals surface area (Å²) < 4.78 is 0. The first-order chi connectivity index (χ1) is 5.49. The van der Waals surface area contributed by atoms with Gasteiger partial charge in [0.2, 0.25) is 0 Å². The topological polar surface area (TPSA) is 63.3 Å². The van der Waals surface area contributed by atoms with Gasteiger partial charge in [-0.25, -0.2) is 0 Å². The van der Waals surface area contributed by atoms with Crippen molar-refractivity contribution in [3.05, 3.63) is 0 Å². The van der Waals surface area contributed by atoms with Crippen molar-refractivity contribution in [3.63, 3.8) is 0 Å². The zero-order valence-corrected chi connectivity index (χ0v) is 7.71. The summed E-state index contributed by atoms with van der Waals surface area (Å²) in [6, 6.07) is 0. The summed E-state index contributed by atoms with van der Waals surface area (Å²) in [4.78, 5) is 11.0. The van der Waals surface area contributed by atoms with Gasteiger partial charge in [0.1, 0.15) is 5.54 Å². The maximum absolute atomic E-state index is 11.0. The first-order valence-electron chi connectivity index (χ1n) is 4.51. The molecule has 1 rings (SSSR count). The van der Waals surface area contributed by atoms with Crippen molar-refractivity contribution >= 4 is 5.97 Å². The smallest absolute Gasteiger partial charge is 0.324 e. The predicted molar refractivity (Wildman–Crippen MR) is 46.7 cm³/mol. The third kappa shape index (κ3) is 1.22. The summed E-state index contributed by atoms with van der Waals surface area (Å²) in [7, 11) is 0. The molecule has 0 bridgehead atoms. The Morgan fingerprint density at radius 2 is 1.83 bits per heavy atom. The number of rotatable bonds is 1. The maximum Gasteiger partial charge on any atom is 0.324 e. The molecule has 0 heterocycles. The van der Waals surface area contributed by atoms with E-state index < -0.39 is 11.5 Å². The van der Waals surface area contributed by atoms with Crippen LogP contribution in [0, 0.1) is 11.8 Å². The van der Waals surface area contributed by atoms with Gasteiger partial charge in [-0.3, -0.25) is 4.79 Å². The molecule has 1 aliphatic carbocycles. The van der Waals surface area contributed by atoms with Crippen LogP contribution >= 0.6 is 0 Å². The minimum absolute atomic E-state index is 0.0961. The molecule has 1 fully saturated rings. The lowest BCUT2D eigenvalue weighted by Crippen LogP contribution is -2.59. The van der Waals surface area contributed by atoms with Gasteiger partial charge in [0.15, 0.2) is 0 Å². The van der Waals surface area contributed by atoms with Crippen molar-refractivity contribution in [2.24, 2.45) is 17.6 Å². The van der Waals surface area contributed by atoms with Crippen LogP contribution in [-0.2, 0) is 4.79 Å². The van der Waals surface area contributed by atoms with Crippen LogP contribution in [0.5, 0.6) is 0 Å². The molecule has 3 nitrogen and oxygen atoms in total. The Balaban J connectivity index is 2.87. The third-order valence-electron chi connectivity index (χ3n) is 3.28. The highest BCUT2D eigenvalue weighted by atomic mass is 16.4. The molecule has 0 aromatic heterocycles. The lowest BCUT2D eigenvalue weighted by Gasteiger charge is -2.40. The fourth-order valence-corrected chi connectivity index (χ4v) is 2.12. The molecule has 12 heavy (non-hydrogen) atoms. The third-order valence-corrected chi connectivity index (χ3v) is 3.28. The van der Waals surface area contributed by atoms with Crippen LogP contribution in [0.25, 0.3) is 0 Å². The van der Waals surface area contributed by atoms with E-state index in [1.54, 1.807) is 0 Å². The highest BCUT2D eigenvalue weighted by Gasteiger charge is 2.46. The van der Waals surface area contributed by atoms with E-state index in [1.807, 2.05) is 13.8 Å². The zero-order valence-electron chi connectivity index (χ0n) is 7.71. The van der Waals surface area contributed by atoms with E-state index in [-0.39, 0.29) is 11.8 Å². The largest absolute Gasteiger partial charge is 0.480 e. The van der Waals surface area contributed by atoms with Gasteiger partial charge in [-0.1, -0.05) is 20.3 Å². The summed E-state index contributed by atoms with van der Waals surface area (Å²) in [6.07, 6.45) is 2.98. The molecular weight excluding hydrogens is 154 g/mol. The summed E-state index contributed by atoms with van der Waals surface area (Å²) in [5.74, 6) is -0.653. The van der Waals surface area contributed by atoms with E-state index in [2.05, 4.69) is 0 Å². The van der Waals surface area contributed by atoms with Gasteiger partial charge in [0, 0.05) is 0 Å². The number of aliphatic carboxylic acids is 1. The van der Waals surface area contributed by atoms with E-state index in [4.69, 9.17) is 10.8 Å². The van der Waals surface area contributed by atoms with Gasteiger partial charge < -0.3 is 10.8 Å². The van der Waals surface area contributed by atoms with Crippen molar-refractivity contribution in [2.75, 3.05) is 0 Å². The Labute approximate surface area is 72.9 Å². The quantitative estimate of drug-likeness (QED) is 0.623. The standard InChI is InChI=1S/C9H17NO2/c1-6-4-3-5-7(2)9(6,10)8(11)12/h6-7H,3-5,10H2,1-2H3,(H,11,12)/t6-,7-/m0/s1. The predicted octanol–water partition coefficient (Wildman–Crippen LogP) is 1.22. The van der Waals surface area contributed by atoms with Crippen LogP contribution in [0.3, 0.4) is 0 Å². The van der Waals surface area contributed by atoms with Crippen LogP contribution in [0.4, 0.5) is 0 Å². The Bertz CT molecular complexity index is 181. The van der Waals surface area contributed by atoms with Gasteiger partial charge in [0.25, 0.3) is 0 Å². The van der Waals surface area contributed by atoms with E-state index >= 15 is 0 Å². The van der Waals surface area contributed by atoms with Crippen LogP contribution in [-0.4, -0.2) is 16.6 Å². The number of carboxylic acid groups (broad SMARTS) is 1. The van der Waals surface area contributed by atoms with E-state index in [1.165, 1.54) is 0 Å². The van der Waals surface area contributed by atoms with E-state index in [0.717, 1.165) is 19.3 Å². The van der Waals surface area contributed by atoms with E-state index in [0.29, 0.717) is 0 Å². The van der Waals surface area contributed by atoms with Gasteiger partial charge >= 0.3 is 5.97 Å². The average molecular weight is 171 g/mol. The molecule has 3 heteroatoms. The second-order valence-corrected chi connectivity index (χ2v) is 3.97. The van der Waals surface area contributed by atoms with Gasteiger partial charge in [0.05, 0.1) is 0 Å². The molecule has 0 aromatic rings. The molecule has 0 saturated heterocycles. The number of carboxylic acids is 1. The Hall–Kier alpha value is -0.570. The first kappa shape index (κ1) is 9.52. The molecule has 70 valence electrons. The fourth-order valence-electron chi connectivity index (χ4n) is 2.12. The van der Waals surface area contributed by atoms with Gasteiger partial charge in [-0.15, -0.1) is 0 Å². The molecule has 1 saturated carbocycles. The lowest BCUT2D eigenvalue weighted by atomic mass is 9.68. The number of carbonyl (C=O) groups is 1. The van der Waals surface area contributed by atoms with Crippen molar-refractivity contribution in [1.82, 2.24) is 0 Å². The normalized spacial score (nSPS) is 34.6. The molecule has 0 aromatic carbocycles. The number of hydrogen-bond acceptors (Lipinski definition) is 2. The molecule has 3 N–H and O–H groups in total. The highest BCUT2D eigenvalue weighted by Crippen LogP contribution is 2.36. The van der Waals surface area contributed by atoms with Crippen molar-refractivity contribution < 1.29 is 9.90 Å². The number of hydrogen-bond donors (Lipinski definition) is 2. The summed E-state index contributed by atoms with van der Waals surface area (Å²) in [5.41, 5.74) is 4.90. The first-order valence-corrected chi connectivity index (χ1v) is 4.51. The van der Waals surface area contributed by atoms with Crippen LogP contribution in [0.15, 0.2) is 0 Å². The lowest BCUT2D eigenvalue weighted by molar-refractivity contribution is -0.149. The molecule has 0 radical (unpaired) electrons. The minimum atomic E-state index is -0.988. The maximum atomic E-state index is 11.0. The van der Waals surface area contributed by atoms with E-state index in [9.17, 15) is 4.79 Å². The summed E-state index contributed by atoms with van der Waals surface area (Å²) in [5, 5.41) is 9.01. The van der Waals surface area contributed by atoms with Crippen molar-refractivity contribution in [3.8, 4) is 0 Å². The van der Waals surface area contributed by atoms with Crippen LogP contribution in [0.1, 0.15) is 33.1 Å². The van der Waals surface area contributed by atoms with Crippen molar-refractivity contribution in [2.45, 2.75) is 38.6 Å². The number of nitrogens with two attached hydrogens (primary N) is 1. The second-order valence-electron chi connectivity index (χ2n) is 3.97. The molecule has 1 aliphatic rings. The second kappa shape index (κ2) is 3.05. The van der Waals surface area contributed by atoms with Crippen molar-refractivity contribution in [1.29, 1.82) is 0 Å². The monoisotopic (exact) mass is 171 g/mol. The fraction of sp³-hybridized carbons (Fsp3) is 0.889.